The van der Waals surface area contributed by atoms with E-state index in [0.717, 1.165) is 20.0 Å². The van der Waals surface area contributed by atoms with Crippen molar-refractivity contribution in [2.24, 2.45) is 5.92 Å². The van der Waals surface area contributed by atoms with Crippen LogP contribution in [-0.4, -0.2) is 23.3 Å². The van der Waals surface area contributed by atoms with Gasteiger partial charge in [0.2, 0.25) is 0 Å². The van der Waals surface area contributed by atoms with Crippen LogP contribution >= 0.6 is 0 Å². The Kier molecular flexibility index (Phi) is 4.95. The Morgan fingerprint density at radius 2 is 2.08 bits per heavy atom. The molecular weight excluding hydrogens is 172 g/mol. The lowest BCUT2D eigenvalue weighted by atomic mass is 9.90. The minimum absolute atomic E-state index is 0.0608. The fraction of sp³-hybridized carbons (Fsp3) is 0.889. The molecule has 0 radical (unpaired) electrons. The van der Waals surface area contributed by atoms with Gasteiger partial charge in [-0.2, -0.15) is 0 Å². The largest absolute Gasteiger partial charge is 0.481 e. The third kappa shape index (κ3) is 4.85. The van der Waals surface area contributed by atoms with Gasteiger partial charge in [-0.3, -0.25) is 4.79 Å². The maximum atomic E-state index is 9.00. The fourth-order valence-electron chi connectivity index (χ4n) is 1.15. The van der Waals surface area contributed by atoms with Crippen LogP contribution in [0.3, 0.4) is 0 Å². The molecule has 78 valence electrons. The van der Waals surface area contributed by atoms with E-state index in [1.54, 1.807) is 0 Å². The highest BCUT2D eigenvalue weighted by molar-refractivity contribution is 5.62. The maximum absolute atomic E-state index is 9.00. The van der Waals surface area contributed by atoms with E-state index in [9.17, 15) is 0 Å². The van der Waals surface area contributed by atoms with E-state index in [4.69, 9.17) is 19.7 Å². The Hall–Kier alpha value is -0.610. The molecule has 0 aromatic carbocycles. The highest BCUT2D eigenvalue weighted by Crippen LogP contribution is 2.30. The summed E-state index contributed by atoms with van der Waals surface area (Å²) in [5.41, 5.74) is -0.0608. The summed E-state index contributed by atoms with van der Waals surface area (Å²) in [7, 11) is 0. The fourth-order valence-corrected chi connectivity index (χ4v) is 1.15. The molecule has 1 rings (SSSR count). The number of rotatable bonds is 1. The maximum Gasteiger partial charge on any atom is 0.300 e. The van der Waals surface area contributed by atoms with Gasteiger partial charge in [-0.05, 0) is 20.3 Å². The van der Waals surface area contributed by atoms with Gasteiger partial charge in [0.1, 0.15) is 5.60 Å². The van der Waals surface area contributed by atoms with Gasteiger partial charge in [-0.25, -0.2) is 9.78 Å². The van der Waals surface area contributed by atoms with Crippen LogP contribution < -0.4 is 0 Å². The number of carboxylic acids is 1. The van der Waals surface area contributed by atoms with E-state index < -0.39 is 5.97 Å². The van der Waals surface area contributed by atoms with Gasteiger partial charge in [0, 0.05) is 12.8 Å². The third-order valence-corrected chi connectivity index (χ3v) is 2.02. The van der Waals surface area contributed by atoms with Crippen molar-refractivity contribution in [3.63, 3.8) is 0 Å². The van der Waals surface area contributed by atoms with Crippen molar-refractivity contribution in [3.05, 3.63) is 0 Å². The van der Waals surface area contributed by atoms with Crippen LogP contribution in [-0.2, 0) is 14.6 Å². The predicted octanol–water partition coefficient (Wildman–Crippen LogP) is 1.84. The molecule has 1 N–H and O–H groups in total. The zero-order chi connectivity index (χ0) is 10.5. The molecule has 1 aliphatic heterocycles. The van der Waals surface area contributed by atoms with Crippen molar-refractivity contribution in [3.8, 4) is 0 Å². The molecule has 13 heavy (non-hydrogen) atoms. The van der Waals surface area contributed by atoms with E-state index in [2.05, 4.69) is 20.8 Å². The average molecular weight is 190 g/mol. The topological polar surface area (TPSA) is 55.8 Å². The van der Waals surface area contributed by atoms with Crippen LogP contribution in [0.15, 0.2) is 0 Å². The SMILES string of the molecule is CC(=O)O.CCC1COOC1(C)C. The highest BCUT2D eigenvalue weighted by Gasteiger charge is 2.36. The van der Waals surface area contributed by atoms with Crippen LogP contribution in [0.1, 0.15) is 34.1 Å². The molecule has 1 atom stereocenters. The number of aliphatic carboxylic acids is 1. The summed E-state index contributed by atoms with van der Waals surface area (Å²) < 4.78 is 0. The van der Waals surface area contributed by atoms with Gasteiger partial charge in [-0.1, -0.05) is 6.92 Å². The summed E-state index contributed by atoms with van der Waals surface area (Å²) in [5, 5.41) is 7.42. The summed E-state index contributed by atoms with van der Waals surface area (Å²) in [6.45, 7) is 8.12. The van der Waals surface area contributed by atoms with Gasteiger partial charge >= 0.3 is 0 Å². The molecule has 0 aromatic rings. The molecule has 1 saturated heterocycles. The molecule has 0 aromatic heterocycles. The first-order valence-electron chi connectivity index (χ1n) is 4.40. The summed E-state index contributed by atoms with van der Waals surface area (Å²) in [4.78, 5) is 18.9. The quantitative estimate of drug-likeness (QED) is 0.641. The van der Waals surface area contributed by atoms with Gasteiger partial charge in [0.25, 0.3) is 5.97 Å². The smallest absolute Gasteiger partial charge is 0.300 e. The predicted molar refractivity (Wildman–Crippen MR) is 48.2 cm³/mol. The molecule has 4 heteroatoms. The Morgan fingerprint density at radius 3 is 2.23 bits per heavy atom. The van der Waals surface area contributed by atoms with Crippen molar-refractivity contribution < 1.29 is 19.7 Å². The first-order valence-corrected chi connectivity index (χ1v) is 4.40. The van der Waals surface area contributed by atoms with Gasteiger partial charge in [-0.15, -0.1) is 0 Å². The molecule has 1 heterocycles. The van der Waals surface area contributed by atoms with E-state index in [1.165, 1.54) is 0 Å². The van der Waals surface area contributed by atoms with Crippen molar-refractivity contribution in [2.75, 3.05) is 6.61 Å². The third-order valence-electron chi connectivity index (χ3n) is 2.02. The van der Waals surface area contributed by atoms with Crippen LogP contribution in [0.5, 0.6) is 0 Å². The van der Waals surface area contributed by atoms with Crippen LogP contribution in [0.2, 0.25) is 0 Å². The molecule has 0 saturated carbocycles. The first kappa shape index (κ1) is 12.4. The molecule has 0 aliphatic carbocycles. The van der Waals surface area contributed by atoms with Crippen molar-refractivity contribution in [1.82, 2.24) is 0 Å². The van der Waals surface area contributed by atoms with Crippen LogP contribution in [0.4, 0.5) is 0 Å². The van der Waals surface area contributed by atoms with Crippen LogP contribution in [0, 0.1) is 5.92 Å². The second kappa shape index (κ2) is 5.19. The molecule has 1 aliphatic rings. The van der Waals surface area contributed by atoms with E-state index in [-0.39, 0.29) is 5.60 Å². The van der Waals surface area contributed by atoms with E-state index in [0.29, 0.717) is 5.92 Å². The van der Waals surface area contributed by atoms with Gasteiger partial charge in [0.15, 0.2) is 0 Å². The number of hydrogen-bond donors (Lipinski definition) is 1. The first-order chi connectivity index (χ1) is 5.90. The second-order valence-electron chi connectivity index (χ2n) is 3.60. The van der Waals surface area contributed by atoms with Gasteiger partial charge < -0.3 is 5.11 Å². The minimum Gasteiger partial charge on any atom is -0.481 e. The number of carbonyl (C=O) groups is 1. The summed E-state index contributed by atoms with van der Waals surface area (Å²) in [5.74, 6) is -0.266. The number of carboxylic acid groups (broad SMARTS) is 1. The van der Waals surface area contributed by atoms with Crippen molar-refractivity contribution in [2.45, 2.75) is 39.7 Å². The lowest BCUT2D eigenvalue weighted by Gasteiger charge is -2.20. The molecule has 4 nitrogen and oxygen atoms in total. The molecule has 0 spiro atoms. The Morgan fingerprint density at radius 1 is 1.62 bits per heavy atom. The van der Waals surface area contributed by atoms with Crippen molar-refractivity contribution in [1.29, 1.82) is 0 Å². The van der Waals surface area contributed by atoms with Crippen molar-refractivity contribution >= 4 is 5.97 Å². The molecule has 1 fully saturated rings. The number of hydrogen-bond acceptors (Lipinski definition) is 3. The standard InChI is InChI=1S/C7H14O2.C2H4O2/c1-4-6-5-8-9-7(6,2)3;1-2(3)4/h6H,4-5H2,1-3H3;1H3,(H,3,4). The van der Waals surface area contributed by atoms with E-state index in [1.807, 2.05) is 0 Å². The Labute approximate surface area is 78.8 Å². The Bertz CT molecular complexity index is 161. The monoisotopic (exact) mass is 190 g/mol. The summed E-state index contributed by atoms with van der Waals surface area (Å²) in [6.07, 6.45) is 1.13. The molecular formula is C9H18O4. The lowest BCUT2D eigenvalue weighted by Crippen LogP contribution is -2.27. The summed E-state index contributed by atoms with van der Waals surface area (Å²) in [6, 6.07) is 0. The normalized spacial score (nSPS) is 24.8. The molecule has 1 unspecified atom stereocenters. The van der Waals surface area contributed by atoms with E-state index >= 15 is 0 Å². The molecule has 0 bridgehead atoms. The lowest BCUT2D eigenvalue weighted by molar-refractivity contribution is -0.300. The van der Waals surface area contributed by atoms with Gasteiger partial charge in [0.05, 0.1) is 6.61 Å². The average Bonchev–Trinajstić information content (AvgIpc) is 2.27. The zero-order valence-corrected chi connectivity index (χ0v) is 8.66. The Balaban J connectivity index is 0.000000310. The minimum atomic E-state index is -0.833. The second-order valence-corrected chi connectivity index (χ2v) is 3.60. The summed E-state index contributed by atoms with van der Waals surface area (Å²) >= 11 is 0. The highest BCUT2D eigenvalue weighted by atomic mass is 17.2. The van der Waals surface area contributed by atoms with Crippen LogP contribution in [0.25, 0.3) is 0 Å². The zero-order valence-electron chi connectivity index (χ0n) is 8.66. The molecule has 0 amide bonds.